The summed E-state index contributed by atoms with van der Waals surface area (Å²) in [7, 11) is 4.43. The van der Waals surface area contributed by atoms with Crippen LogP contribution in [0.2, 0.25) is 0 Å². The van der Waals surface area contributed by atoms with E-state index in [9.17, 15) is 19.2 Å². The standard InChI is InChI=1S/C17H20N4O4S/c1-18-15(23)13-7-6-12(26-13)10-5-4-8-21(10)16(24)11-9-14(22)20(3)17(25)19(11)2/h6-7,9-10H,4-5,8H2,1-3H3,(H,18,23). The average Bonchev–Trinajstić information content (AvgIpc) is 3.30. The maximum absolute atomic E-state index is 13.0. The van der Waals surface area contributed by atoms with E-state index < -0.39 is 11.2 Å². The summed E-state index contributed by atoms with van der Waals surface area (Å²) in [6.45, 7) is 0.542. The zero-order valence-corrected chi connectivity index (χ0v) is 15.6. The Morgan fingerprint density at radius 1 is 1.19 bits per heavy atom. The lowest BCUT2D eigenvalue weighted by molar-refractivity contribution is 0.0725. The summed E-state index contributed by atoms with van der Waals surface area (Å²) < 4.78 is 2.16. The third-order valence-corrected chi connectivity index (χ3v) is 5.85. The van der Waals surface area contributed by atoms with Crippen molar-refractivity contribution in [2.75, 3.05) is 13.6 Å². The molecule has 0 spiro atoms. The smallest absolute Gasteiger partial charge is 0.331 e. The summed E-state index contributed by atoms with van der Waals surface area (Å²) >= 11 is 1.35. The number of aromatic nitrogens is 2. The van der Waals surface area contributed by atoms with E-state index in [0.717, 1.165) is 22.3 Å². The first-order valence-electron chi connectivity index (χ1n) is 8.25. The number of carbonyl (C=O) groups is 2. The molecular formula is C17H20N4O4S. The van der Waals surface area contributed by atoms with E-state index in [1.165, 1.54) is 36.1 Å². The molecule has 3 rings (SSSR count). The molecule has 1 aliphatic heterocycles. The normalized spacial score (nSPS) is 16.7. The van der Waals surface area contributed by atoms with Gasteiger partial charge in [0.15, 0.2) is 0 Å². The van der Waals surface area contributed by atoms with Crippen LogP contribution in [0.1, 0.15) is 43.9 Å². The molecule has 2 amide bonds. The largest absolute Gasteiger partial charge is 0.354 e. The number of likely N-dealkylation sites (tertiary alicyclic amines) is 1. The summed E-state index contributed by atoms with van der Waals surface area (Å²) in [5, 5.41) is 2.59. The average molecular weight is 376 g/mol. The molecular weight excluding hydrogens is 356 g/mol. The van der Waals surface area contributed by atoms with Gasteiger partial charge in [-0.05, 0) is 25.0 Å². The lowest BCUT2D eigenvalue weighted by atomic mass is 10.2. The van der Waals surface area contributed by atoms with E-state index >= 15 is 0 Å². The van der Waals surface area contributed by atoms with Gasteiger partial charge in [0.05, 0.1) is 10.9 Å². The molecule has 2 aromatic rings. The lowest BCUT2D eigenvalue weighted by Crippen LogP contribution is -2.42. The first-order chi connectivity index (χ1) is 12.3. The number of hydrogen-bond acceptors (Lipinski definition) is 5. The van der Waals surface area contributed by atoms with Crippen LogP contribution in [0.4, 0.5) is 0 Å². The van der Waals surface area contributed by atoms with Crippen LogP contribution in [0.25, 0.3) is 0 Å². The van der Waals surface area contributed by atoms with Gasteiger partial charge in [-0.2, -0.15) is 0 Å². The molecule has 9 heteroatoms. The van der Waals surface area contributed by atoms with Gasteiger partial charge in [0, 0.05) is 38.6 Å². The zero-order valence-electron chi connectivity index (χ0n) is 14.8. The van der Waals surface area contributed by atoms with Gasteiger partial charge in [-0.3, -0.25) is 23.5 Å². The van der Waals surface area contributed by atoms with Gasteiger partial charge in [-0.15, -0.1) is 11.3 Å². The van der Waals surface area contributed by atoms with E-state index in [1.54, 1.807) is 18.0 Å². The van der Waals surface area contributed by atoms with Crippen LogP contribution in [-0.4, -0.2) is 39.4 Å². The van der Waals surface area contributed by atoms with E-state index in [2.05, 4.69) is 5.32 Å². The maximum Gasteiger partial charge on any atom is 0.331 e. The number of nitrogens with one attached hydrogen (secondary N) is 1. The second-order valence-corrected chi connectivity index (χ2v) is 7.32. The van der Waals surface area contributed by atoms with Gasteiger partial charge < -0.3 is 10.2 Å². The van der Waals surface area contributed by atoms with E-state index in [0.29, 0.717) is 11.4 Å². The van der Waals surface area contributed by atoms with Gasteiger partial charge in [0.25, 0.3) is 17.4 Å². The van der Waals surface area contributed by atoms with Gasteiger partial charge in [0.1, 0.15) is 5.69 Å². The van der Waals surface area contributed by atoms with Crippen molar-refractivity contribution in [3.63, 3.8) is 0 Å². The second kappa shape index (κ2) is 6.91. The van der Waals surface area contributed by atoms with Crippen LogP contribution >= 0.6 is 11.3 Å². The molecule has 1 fully saturated rings. The molecule has 1 unspecified atom stereocenters. The molecule has 26 heavy (non-hydrogen) atoms. The Morgan fingerprint density at radius 2 is 1.92 bits per heavy atom. The predicted octanol–water partition coefficient (Wildman–Crippen LogP) is 0.482. The highest BCUT2D eigenvalue weighted by Crippen LogP contribution is 2.36. The molecule has 0 aromatic carbocycles. The van der Waals surface area contributed by atoms with Crippen molar-refractivity contribution in [1.29, 1.82) is 0 Å². The molecule has 0 aliphatic carbocycles. The van der Waals surface area contributed by atoms with Crippen molar-refractivity contribution >= 4 is 23.2 Å². The predicted molar refractivity (Wildman–Crippen MR) is 97.6 cm³/mol. The minimum Gasteiger partial charge on any atom is -0.354 e. The first-order valence-corrected chi connectivity index (χ1v) is 9.06. The van der Waals surface area contributed by atoms with Crippen LogP contribution in [0.5, 0.6) is 0 Å². The Morgan fingerprint density at radius 3 is 2.62 bits per heavy atom. The van der Waals surface area contributed by atoms with E-state index in [4.69, 9.17) is 0 Å². The molecule has 1 aliphatic rings. The number of hydrogen-bond donors (Lipinski definition) is 1. The molecule has 1 atom stereocenters. The highest BCUT2D eigenvalue weighted by molar-refractivity contribution is 7.14. The SMILES string of the molecule is CNC(=O)c1ccc(C2CCCN2C(=O)c2cc(=O)n(C)c(=O)n2C)s1. The zero-order chi connectivity index (χ0) is 19.0. The number of nitrogens with zero attached hydrogens (tertiary/aromatic N) is 3. The number of rotatable bonds is 3. The van der Waals surface area contributed by atoms with Crippen LogP contribution < -0.4 is 16.6 Å². The van der Waals surface area contributed by atoms with Crippen LogP contribution in [0.15, 0.2) is 27.8 Å². The summed E-state index contributed by atoms with van der Waals surface area (Å²) in [5.74, 6) is -0.509. The topological polar surface area (TPSA) is 93.4 Å². The number of carbonyl (C=O) groups excluding carboxylic acids is 2. The van der Waals surface area contributed by atoms with E-state index in [1.807, 2.05) is 6.07 Å². The highest BCUT2D eigenvalue weighted by Gasteiger charge is 2.33. The van der Waals surface area contributed by atoms with Crippen molar-refractivity contribution < 1.29 is 9.59 Å². The Balaban J connectivity index is 1.95. The number of thiophene rings is 1. The minimum atomic E-state index is -0.533. The number of amides is 2. The molecule has 1 saturated heterocycles. The van der Waals surface area contributed by atoms with Crippen molar-refractivity contribution in [3.8, 4) is 0 Å². The summed E-state index contributed by atoms with van der Waals surface area (Å²) in [6, 6.07) is 4.64. The fourth-order valence-electron chi connectivity index (χ4n) is 3.17. The fourth-order valence-corrected chi connectivity index (χ4v) is 4.27. The molecule has 0 bridgehead atoms. The molecule has 8 nitrogen and oxygen atoms in total. The van der Waals surface area contributed by atoms with Crippen molar-refractivity contribution in [2.24, 2.45) is 14.1 Å². The molecule has 2 aromatic heterocycles. The van der Waals surface area contributed by atoms with Crippen molar-refractivity contribution in [2.45, 2.75) is 18.9 Å². The van der Waals surface area contributed by atoms with Gasteiger partial charge in [-0.1, -0.05) is 0 Å². The third-order valence-electron chi connectivity index (χ3n) is 4.66. The first kappa shape index (κ1) is 18.1. The Hall–Kier alpha value is -2.68. The Kier molecular flexibility index (Phi) is 4.82. The van der Waals surface area contributed by atoms with Crippen LogP contribution in [0.3, 0.4) is 0 Å². The Bertz CT molecular complexity index is 987. The molecule has 138 valence electrons. The summed E-state index contributed by atoms with van der Waals surface area (Å²) in [6.07, 6.45) is 1.60. The minimum absolute atomic E-state index is 0.0769. The summed E-state index contributed by atoms with van der Waals surface area (Å²) in [4.78, 5) is 52.0. The van der Waals surface area contributed by atoms with Crippen molar-refractivity contribution in [3.05, 3.63) is 54.5 Å². The molecule has 1 N–H and O–H groups in total. The van der Waals surface area contributed by atoms with Gasteiger partial charge in [0.2, 0.25) is 0 Å². The molecule has 0 radical (unpaired) electrons. The molecule has 0 saturated carbocycles. The molecule has 3 heterocycles. The lowest BCUT2D eigenvalue weighted by Gasteiger charge is -2.24. The summed E-state index contributed by atoms with van der Waals surface area (Å²) in [5.41, 5.74) is -0.965. The Labute approximate surface area is 153 Å². The quantitative estimate of drug-likeness (QED) is 0.843. The van der Waals surface area contributed by atoms with Gasteiger partial charge in [-0.25, -0.2) is 4.79 Å². The van der Waals surface area contributed by atoms with Crippen LogP contribution in [0, 0.1) is 0 Å². The van der Waals surface area contributed by atoms with Crippen LogP contribution in [-0.2, 0) is 14.1 Å². The third kappa shape index (κ3) is 2.98. The fraction of sp³-hybridized carbons (Fsp3) is 0.412. The highest BCUT2D eigenvalue weighted by atomic mass is 32.1. The van der Waals surface area contributed by atoms with Crippen molar-refractivity contribution in [1.82, 2.24) is 19.4 Å². The second-order valence-electron chi connectivity index (χ2n) is 6.21. The van der Waals surface area contributed by atoms with Gasteiger partial charge >= 0.3 is 5.69 Å². The maximum atomic E-state index is 13.0. The monoisotopic (exact) mass is 376 g/mol. The van der Waals surface area contributed by atoms with E-state index in [-0.39, 0.29) is 23.6 Å².